The Kier molecular flexibility index (Phi) is 3.38. The summed E-state index contributed by atoms with van der Waals surface area (Å²) in [7, 11) is 0. The first kappa shape index (κ1) is 13.6. The number of Topliss-reactive ketones (excluding diaryl/α,β-unsaturated/α-hetero) is 1. The summed E-state index contributed by atoms with van der Waals surface area (Å²) in [6, 6.07) is 14.6. The zero-order valence-corrected chi connectivity index (χ0v) is 12.7. The van der Waals surface area contributed by atoms with Gasteiger partial charge in [0.1, 0.15) is 0 Å². The zero-order chi connectivity index (χ0) is 15.0. The molecule has 106 valence electrons. The smallest absolute Gasteiger partial charge is 0.176 e. The number of fused-ring (bicyclic) bond motifs is 1. The summed E-state index contributed by atoms with van der Waals surface area (Å²) in [5, 5.41) is 1.17. The average molecular weight is 277 g/mol. The van der Waals surface area contributed by atoms with Crippen molar-refractivity contribution in [1.82, 2.24) is 4.98 Å². The number of ketones is 1. The summed E-state index contributed by atoms with van der Waals surface area (Å²) in [6.07, 6.45) is 0.776. The van der Waals surface area contributed by atoms with Crippen molar-refractivity contribution in [2.24, 2.45) is 0 Å². The first-order valence-corrected chi connectivity index (χ1v) is 7.23. The molecule has 1 aromatic heterocycles. The lowest BCUT2D eigenvalue weighted by molar-refractivity contribution is 0.101. The van der Waals surface area contributed by atoms with Crippen LogP contribution in [0.2, 0.25) is 0 Å². The molecule has 0 amide bonds. The highest BCUT2D eigenvalue weighted by Crippen LogP contribution is 2.29. The van der Waals surface area contributed by atoms with Crippen LogP contribution in [0.4, 0.5) is 0 Å². The van der Waals surface area contributed by atoms with Gasteiger partial charge in [-0.25, -0.2) is 0 Å². The van der Waals surface area contributed by atoms with Crippen LogP contribution in [0, 0.1) is 13.8 Å². The van der Waals surface area contributed by atoms with Gasteiger partial charge in [-0.05, 0) is 36.6 Å². The molecular weight excluding hydrogens is 258 g/mol. The summed E-state index contributed by atoms with van der Waals surface area (Å²) in [6.45, 7) is 5.81. The number of H-pyrrole nitrogens is 1. The number of rotatable bonds is 3. The number of hydrogen-bond acceptors (Lipinski definition) is 1. The Morgan fingerprint density at radius 1 is 1.10 bits per heavy atom. The van der Waals surface area contributed by atoms with Crippen molar-refractivity contribution in [3.8, 4) is 0 Å². The van der Waals surface area contributed by atoms with Crippen LogP contribution in [0.1, 0.15) is 39.7 Å². The van der Waals surface area contributed by atoms with Gasteiger partial charge in [-0.3, -0.25) is 4.79 Å². The predicted octanol–water partition coefficient (Wildman–Crippen LogP) is 4.58. The van der Waals surface area contributed by atoms with E-state index in [4.69, 9.17) is 0 Å². The van der Waals surface area contributed by atoms with Crippen LogP contribution in [0.5, 0.6) is 0 Å². The van der Waals surface area contributed by atoms with Crippen LogP contribution in [-0.4, -0.2) is 10.8 Å². The van der Waals surface area contributed by atoms with Crippen LogP contribution in [-0.2, 0) is 6.42 Å². The third-order valence-electron chi connectivity index (χ3n) is 3.93. The van der Waals surface area contributed by atoms with Crippen LogP contribution in [0.3, 0.4) is 0 Å². The fraction of sp³-hybridized carbons (Fsp3) is 0.211. The molecule has 0 aliphatic carbocycles. The first-order chi connectivity index (χ1) is 10.1. The Labute approximate surface area is 124 Å². The number of aromatic amines is 1. The molecular formula is C19H19NO. The van der Waals surface area contributed by atoms with Gasteiger partial charge in [-0.1, -0.05) is 42.0 Å². The van der Waals surface area contributed by atoms with Crippen molar-refractivity contribution in [2.45, 2.75) is 27.2 Å². The van der Waals surface area contributed by atoms with E-state index in [0.29, 0.717) is 0 Å². The third kappa shape index (κ3) is 2.49. The minimum absolute atomic E-state index is 0.0918. The molecule has 0 aliphatic rings. The standard InChI is InChI=1S/C19H19NO/c1-12-9-13(2)18-16(10-12)17(19(20-18)14(3)21)11-15-7-5-4-6-8-15/h4-10,20H,11H2,1-3H3. The van der Waals surface area contributed by atoms with Gasteiger partial charge < -0.3 is 4.98 Å². The number of nitrogens with one attached hydrogen (secondary N) is 1. The van der Waals surface area contributed by atoms with Crippen LogP contribution >= 0.6 is 0 Å². The molecule has 0 atom stereocenters. The number of carbonyl (C=O) groups is 1. The Balaban J connectivity index is 2.23. The summed E-state index contributed by atoms with van der Waals surface area (Å²) in [4.78, 5) is 15.3. The van der Waals surface area contributed by atoms with E-state index in [1.807, 2.05) is 18.2 Å². The van der Waals surface area contributed by atoms with Gasteiger partial charge in [-0.2, -0.15) is 0 Å². The maximum Gasteiger partial charge on any atom is 0.176 e. The molecule has 0 aliphatic heterocycles. The van der Waals surface area contributed by atoms with Crippen LogP contribution in [0.25, 0.3) is 10.9 Å². The number of benzene rings is 2. The van der Waals surface area contributed by atoms with Crippen molar-refractivity contribution in [3.63, 3.8) is 0 Å². The van der Waals surface area contributed by atoms with Gasteiger partial charge in [0, 0.05) is 24.2 Å². The number of aryl methyl sites for hydroxylation is 2. The first-order valence-electron chi connectivity index (χ1n) is 7.23. The topological polar surface area (TPSA) is 32.9 Å². The minimum atomic E-state index is 0.0918. The molecule has 1 N–H and O–H groups in total. The summed E-state index contributed by atoms with van der Waals surface area (Å²) < 4.78 is 0. The van der Waals surface area contributed by atoms with E-state index in [-0.39, 0.29) is 5.78 Å². The van der Waals surface area contributed by atoms with E-state index in [0.717, 1.165) is 23.2 Å². The number of hydrogen-bond donors (Lipinski definition) is 1. The van der Waals surface area contributed by atoms with E-state index in [2.05, 4.69) is 43.1 Å². The highest BCUT2D eigenvalue weighted by atomic mass is 16.1. The SMILES string of the molecule is CC(=O)c1[nH]c2c(C)cc(C)cc2c1Cc1ccccc1. The quantitative estimate of drug-likeness (QED) is 0.698. The second-order valence-corrected chi connectivity index (χ2v) is 5.70. The second kappa shape index (κ2) is 5.21. The van der Waals surface area contributed by atoms with E-state index in [9.17, 15) is 4.79 Å². The molecule has 21 heavy (non-hydrogen) atoms. The van der Waals surface area contributed by atoms with Gasteiger partial charge in [-0.15, -0.1) is 0 Å². The molecule has 0 saturated heterocycles. The van der Waals surface area contributed by atoms with Crippen molar-refractivity contribution in [1.29, 1.82) is 0 Å². The fourth-order valence-electron chi connectivity index (χ4n) is 2.99. The van der Waals surface area contributed by atoms with E-state index in [1.165, 1.54) is 22.1 Å². The van der Waals surface area contributed by atoms with E-state index >= 15 is 0 Å². The molecule has 3 aromatic rings. The maximum absolute atomic E-state index is 12.0. The van der Waals surface area contributed by atoms with Crippen LogP contribution in [0.15, 0.2) is 42.5 Å². The highest BCUT2D eigenvalue weighted by Gasteiger charge is 2.16. The summed E-state index contributed by atoms with van der Waals surface area (Å²) >= 11 is 0. The fourth-order valence-corrected chi connectivity index (χ4v) is 2.99. The lowest BCUT2D eigenvalue weighted by atomic mass is 9.98. The lowest BCUT2D eigenvalue weighted by Gasteiger charge is -2.04. The van der Waals surface area contributed by atoms with E-state index in [1.54, 1.807) is 6.92 Å². The van der Waals surface area contributed by atoms with Crippen molar-refractivity contribution in [3.05, 3.63) is 70.4 Å². The van der Waals surface area contributed by atoms with Crippen molar-refractivity contribution in [2.75, 3.05) is 0 Å². The largest absolute Gasteiger partial charge is 0.352 e. The molecule has 1 heterocycles. The van der Waals surface area contributed by atoms with Gasteiger partial charge in [0.15, 0.2) is 5.78 Å². The molecule has 2 aromatic carbocycles. The van der Waals surface area contributed by atoms with Gasteiger partial charge in [0.25, 0.3) is 0 Å². The molecule has 0 saturated carbocycles. The average Bonchev–Trinajstić information content (AvgIpc) is 2.79. The molecule has 3 rings (SSSR count). The van der Waals surface area contributed by atoms with E-state index < -0.39 is 0 Å². The maximum atomic E-state index is 12.0. The monoisotopic (exact) mass is 277 g/mol. The molecule has 2 nitrogen and oxygen atoms in total. The Bertz CT molecular complexity index is 812. The Morgan fingerprint density at radius 2 is 1.81 bits per heavy atom. The number of carbonyl (C=O) groups excluding carboxylic acids is 1. The molecule has 0 fully saturated rings. The Hall–Kier alpha value is -2.35. The molecule has 2 heteroatoms. The Morgan fingerprint density at radius 3 is 2.48 bits per heavy atom. The predicted molar refractivity (Wildman–Crippen MR) is 87.0 cm³/mol. The normalized spacial score (nSPS) is 11.0. The zero-order valence-electron chi connectivity index (χ0n) is 12.7. The third-order valence-corrected chi connectivity index (χ3v) is 3.93. The lowest BCUT2D eigenvalue weighted by Crippen LogP contribution is -1.99. The van der Waals surface area contributed by atoms with Crippen LogP contribution < -0.4 is 0 Å². The molecule has 0 unspecified atom stereocenters. The van der Waals surface area contributed by atoms with Crippen molar-refractivity contribution < 1.29 is 4.79 Å². The summed E-state index contributed by atoms with van der Waals surface area (Å²) in [5.74, 6) is 0.0918. The van der Waals surface area contributed by atoms with Gasteiger partial charge in [0.2, 0.25) is 0 Å². The minimum Gasteiger partial charge on any atom is -0.352 e. The van der Waals surface area contributed by atoms with Gasteiger partial charge in [0.05, 0.1) is 5.69 Å². The number of aromatic nitrogens is 1. The second-order valence-electron chi connectivity index (χ2n) is 5.70. The van der Waals surface area contributed by atoms with Gasteiger partial charge >= 0.3 is 0 Å². The summed E-state index contributed by atoms with van der Waals surface area (Å²) in [5.41, 5.74) is 6.56. The van der Waals surface area contributed by atoms with Crippen molar-refractivity contribution >= 4 is 16.7 Å². The molecule has 0 radical (unpaired) electrons. The highest BCUT2D eigenvalue weighted by molar-refractivity contribution is 6.02. The molecule has 0 bridgehead atoms. The molecule has 0 spiro atoms.